The molecule has 0 atom stereocenters. The van der Waals surface area contributed by atoms with E-state index in [9.17, 15) is 14.7 Å². The van der Waals surface area contributed by atoms with E-state index in [1.165, 1.54) is 6.20 Å². The lowest BCUT2D eigenvalue weighted by Gasteiger charge is -2.26. The van der Waals surface area contributed by atoms with Crippen molar-refractivity contribution in [2.75, 3.05) is 6.54 Å². The van der Waals surface area contributed by atoms with Gasteiger partial charge in [-0.25, -0.2) is 4.68 Å². The summed E-state index contributed by atoms with van der Waals surface area (Å²) in [5.74, 6) is -1.25. The van der Waals surface area contributed by atoms with E-state index in [2.05, 4.69) is 10.4 Å². The summed E-state index contributed by atoms with van der Waals surface area (Å²) in [6, 6.07) is 7.22. The minimum Gasteiger partial charge on any atom is -0.481 e. The molecule has 2 aromatic rings. The maximum atomic E-state index is 12.5. The molecule has 1 amide bonds. The van der Waals surface area contributed by atoms with E-state index in [-0.39, 0.29) is 12.5 Å². The van der Waals surface area contributed by atoms with E-state index >= 15 is 0 Å². The summed E-state index contributed by atoms with van der Waals surface area (Å²) in [6.07, 6.45) is 2.35. The Hall–Kier alpha value is -2.34. The van der Waals surface area contributed by atoms with Gasteiger partial charge in [-0.2, -0.15) is 5.10 Å². The van der Waals surface area contributed by atoms with Crippen molar-refractivity contribution in [3.8, 4) is 5.69 Å². The molecule has 7 heteroatoms. The van der Waals surface area contributed by atoms with Crippen molar-refractivity contribution in [1.29, 1.82) is 0 Å². The van der Waals surface area contributed by atoms with Crippen molar-refractivity contribution in [1.82, 2.24) is 15.1 Å². The number of carbonyl (C=O) groups excluding carboxylic acids is 1. The van der Waals surface area contributed by atoms with Crippen molar-refractivity contribution < 1.29 is 14.7 Å². The highest BCUT2D eigenvalue weighted by Gasteiger charge is 2.35. The van der Waals surface area contributed by atoms with Gasteiger partial charge in [-0.1, -0.05) is 37.6 Å². The number of benzene rings is 1. The van der Waals surface area contributed by atoms with Crippen LogP contribution in [-0.2, 0) is 4.79 Å². The van der Waals surface area contributed by atoms with E-state index in [0.717, 1.165) is 0 Å². The largest absolute Gasteiger partial charge is 0.481 e. The van der Waals surface area contributed by atoms with Gasteiger partial charge in [-0.15, -0.1) is 0 Å². The Balaban J connectivity index is 2.22. The average molecular weight is 364 g/mol. The number of nitrogens with one attached hydrogen (secondary N) is 1. The summed E-state index contributed by atoms with van der Waals surface area (Å²) in [6.45, 7) is 5.47. The summed E-state index contributed by atoms with van der Waals surface area (Å²) < 4.78 is 1.60. The smallest absolute Gasteiger partial charge is 0.311 e. The third-order valence-electron chi connectivity index (χ3n) is 4.73. The number of para-hydroxylation sites is 1. The van der Waals surface area contributed by atoms with Gasteiger partial charge in [0.1, 0.15) is 0 Å². The van der Waals surface area contributed by atoms with E-state index < -0.39 is 11.4 Å². The van der Waals surface area contributed by atoms with Gasteiger partial charge >= 0.3 is 5.97 Å². The van der Waals surface area contributed by atoms with Crippen molar-refractivity contribution in [3.05, 3.63) is 46.7 Å². The van der Waals surface area contributed by atoms with Crippen LogP contribution < -0.4 is 5.32 Å². The van der Waals surface area contributed by atoms with Crippen LogP contribution in [0.4, 0.5) is 0 Å². The molecule has 2 rings (SSSR count). The van der Waals surface area contributed by atoms with Crippen LogP contribution in [0, 0.1) is 12.3 Å². The Morgan fingerprint density at radius 2 is 1.92 bits per heavy atom. The van der Waals surface area contributed by atoms with Crippen LogP contribution in [-0.4, -0.2) is 33.3 Å². The van der Waals surface area contributed by atoms with Crippen LogP contribution in [0.25, 0.3) is 5.69 Å². The number of aromatic nitrogens is 2. The number of nitrogens with zero attached hydrogens (tertiary/aromatic N) is 2. The Labute approximate surface area is 151 Å². The van der Waals surface area contributed by atoms with Crippen LogP contribution in [0.2, 0.25) is 5.02 Å². The monoisotopic (exact) mass is 363 g/mol. The maximum Gasteiger partial charge on any atom is 0.311 e. The number of carboxylic acid groups (broad SMARTS) is 1. The molecule has 0 aliphatic carbocycles. The molecule has 2 N–H and O–H groups in total. The molecule has 0 aliphatic rings. The first-order valence-corrected chi connectivity index (χ1v) is 8.55. The molecule has 0 spiro atoms. The van der Waals surface area contributed by atoms with Gasteiger partial charge in [0.25, 0.3) is 5.91 Å². The minimum absolute atomic E-state index is 0.0743. The van der Waals surface area contributed by atoms with Crippen molar-refractivity contribution in [2.24, 2.45) is 5.41 Å². The number of hydrogen-bond acceptors (Lipinski definition) is 3. The Kier molecular flexibility index (Phi) is 5.85. The van der Waals surface area contributed by atoms with E-state index in [4.69, 9.17) is 11.6 Å². The summed E-state index contributed by atoms with van der Waals surface area (Å²) in [5, 5.41) is 17.0. The molecule has 0 fully saturated rings. The highest BCUT2D eigenvalue weighted by Crippen LogP contribution is 2.26. The molecule has 1 aromatic heterocycles. The lowest BCUT2D eigenvalue weighted by Crippen LogP contribution is -2.42. The van der Waals surface area contributed by atoms with Crippen LogP contribution in [0.15, 0.2) is 30.5 Å². The fraction of sp³-hybridized carbons (Fsp3) is 0.389. The van der Waals surface area contributed by atoms with Gasteiger partial charge in [-0.05, 0) is 31.9 Å². The van der Waals surface area contributed by atoms with Crippen LogP contribution in [0.3, 0.4) is 0 Å². The normalized spacial score (nSPS) is 11.4. The predicted octanol–water partition coefficient (Wildman–Crippen LogP) is 3.45. The van der Waals surface area contributed by atoms with E-state index in [1.54, 1.807) is 17.7 Å². The molecule has 1 aromatic carbocycles. The second-order valence-corrected chi connectivity index (χ2v) is 6.39. The van der Waals surface area contributed by atoms with Gasteiger partial charge in [-0.3, -0.25) is 9.59 Å². The minimum atomic E-state index is -0.956. The van der Waals surface area contributed by atoms with Gasteiger partial charge < -0.3 is 10.4 Å². The molecule has 0 saturated heterocycles. The summed E-state index contributed by atoms with van der Waals surface area (Å²) >= 11 is 6.19. The summed E-state index contributed by atoms with van der Waals surface area (Å²) in [7, 11) is 0. The SMILES string of the molecule is CCC(CC)(CNC(=O)c1cnn(-c2ccccc2Cl)c1C)C(=O)O. The first-order chi connectivity index (χ1) is 11.9. The van der Waals surface area contributed by atoms with Gasteiger partial charge in [0.05, 0.1) is 33.6 Å². The zero-order valence-electron chi connectivity index (χ0n) is 14.5. The number of carbonyl (C=O) groups is 2. The highest BCUT2D eigenvalue weighted by atomic mass is 35.5. The first-order valence-electron chi connectivity index (χ1n) is 8.17. The number of amides is 1. The van der Waals surface area contributed by atoms with Gasteiger partial charge in [0, 0.05) is 6.54 Å². The molecule has 0 bridgehead atoms. The molecule has 134 valence electrons. The number of hydrogen-bond donors (Lipinski definition) is 2. The second kappa shape index (κ2) is 7.70. The molecule has 1 heterocycles. The van der Waals surface area contributed by atoms with Crippen LogP contribution >= 0.6 is 11.6 Å². The summed E-state index contributed by atoms with van der Waals surface area (Å²) in [4.78, 5) is 24.0. The lowest BCUT2D eigenvalue weighted by molar-refractivity contribution is -0.149. The molecule has 25 heavy (non-hydrogen) atoms. The Morgan fingerprint density at radius 3 is 2.48 bits per heavy atom. The van der Waals surface area contributed by atoms with Crippen molar-refractivity contribution in [3.63, 3.8) is 0 Å². The average Bonchev–Trinajstić information content (AvgIpc) is 2.97. The second-order valence-electron chi connectivity index (χ2n) is 5.98. The molecule has 0 saturated carbocycles. The summed E-state index contributed by atoms with van der Waals surface area (Å²) in [5.41, 5.74) is 0.760. The number of carboxylic acids is 1. The van der Waals surface area contributed by atoms with E-state index in [0.29, 0.717) is 34.8 Å². The fourth-order valence-corrected chi connectivity index (χ4v) is 2.94. The highest BCUT2D eigenvalue weighted by molar-refractivity contribution is 6.32. The third kappa shape index (κ3) is 3.69. The molecule has 0 radical (unpaired) electrons. The number of rotatable bonds is 7. The zero-order chi connectivity index (χ0) is 18.6. The standard InChI is InChI=1S/C18H22ClN3O3/c1-4-18(5-2,17(24)25)11-20-16(23)13-10-21-22(12(13)3)15-9-7-6-8-14(15)19/h6-10H,4-5,11H2,1-3H3,(H,20,23)(H,24,25). The molecule has 6 nitrogen and oxygen atoms in total. The molecular formula is C18H22ClN3O3. The van der Waals surface area contributed by atoms with Crippen LogP contribution in [0.1, 0.15) is 42.7 Å². The molecule has 0 unspecified atom stereocenters. The van der Waals surface area contributed by atoms with Crippen molar-refractivity contribution in [2.45, 2.75) is 33.6 Å². The topological polar surface area (TPSA) is 84.2 Å². The maximum absolute atomic E-state index is 12.5. The Morgan fingerprint density at radius 1 is 1.28 bits per heavy atom. The first kappa shape index (κ1) is 19.0. The molecule has 0 aliphatic heterocycles. The number of aliphatic carboxylic acids is 1. The predicted molar refractivity (Wildman–Crippen MR) is 96.3 cm³/mol. The fourth-order valence-electron chi connectivity index (χ4n) is 2.72. The zero-order valence-corrected chi connectivity index (χ0v) is 15.3. The molecular weight excluding hydrogens is 342 g/mol. The van der Waals surface area contributed by atoms with Gasteiger partial charge in [0.2, 0.25) is 0 Å². The van der Waals surface area contributed by atoms with Crippen LogP contribution in [0.5, 0.6) is 0 Å². The lowest BCUT2D eigenvalue weighted by atomic mass is 9.82. The van der Waals surface area contributed by atoms with Gasteiger partial charge in [0.15, 0.2) is 0 Å². The number of halogens is 1. The van der Waals surface area contributed by atoms with Crippen molar-refractivity contribution >= 4 is 23.5 Å². The Bertz CT molecular complexity index is 782. The van der Waals surface area contributed by atoms with E-state index in [1.807, 2.05) is 32.0 Å². The quantitative estimate of drug-likeness (QED) is 0.789. The third-order valence-corrected chi connectivity index (χ3v) is 5.05.